The molecule has 132 valence electrons. The van der Waals surface area contributed by atoms with Gasteiger partial charge in [0.05, 0.1) is 5.41 Å². The van der Waals surface area contributed by atoms with E-state index in [1.807, 2.05) is 13.0 Å². The number of hydrogen-bond donors (Lipinski definition) is 1. The Labute approximate surface area is 141 Å². The maximum absolute atomic E-state index is 12.2. The molecule has 0 amide bonds. The molecule has 1 aliphatic carbocycles. The van der Waals surface area contributed by atoms with Crippen molar-refractivity contribution in [2.75, 3.05) is 13.7 Å². The van der Waals surface area contributed by atoms with Gasteiger partial charge in [-0.15, -0.1) is 0 Å². The van der Waals surface area contributed by atoms with Crippen LogP contribution in [-0.2, 0) is 9.53 Å². The number of methoxy groups -OCH3 is 1. The summed E-state index contributed by atoms with van der Waals surface area (Å²) in [6.45, 7) is 6.89. The Morgan fingerprint density at radius 2 is 1.87 bits per heavy atom. The fourth-order valence-corrected chi connectivity index (χ4v) is 3.90. The molecule has 3 heteroatoms. The van der Waals surface area contributed by atoms with E-state index in [1.54, 1.807) is 7.11 Å². The van der Waals surface area contributed by atoms with Crippen LogP contribution < -0.4 is 0 Å². The summed E-state index contributed by atoms with van der Waals surface area (Å²) in [4.78, 5) is 12.2. The van der Waals surface area contributed by atoms with Crippen molar-refractivity contribution in [1.82, 2.24) is 0 Å². The first-order valence-electron chi connectivity index (χ1n) is 9.08. The van der Waals surface area contributed by atoms with Crippen LogP contribution in [0.4, 0.5) is 0 Å². The number of rotatable bonds is 11. The van der Waals surface area contributed by atoms with Gasteiger partial charge in [-0.3, -0.25) is 4.79 Å². The first-order valence-corrected chi connectivity index (χ1v) is 9.08. The van der Waals surface area contributed by atoms with Crippen LogP contribution >= 0.6 is 0 Å². The van der Waals surface area contributed by atoms with E-state index in [2.05, 4.69) is 19.9 Å². The topological polar surface area (TPSA) is 46.5 Å². The standard InChI is InChI=1S/C20H34O3/c1-5-6-7-8-9-10-12-20(19(21)22)15-16(2)14-17(3)18(20)11-13-23-4/h14-15,18H,5-13H2,1-4H3,(H,21,22). The molecule has 0 saturated carbocycles. The minimum absolute atomic E-state index is 0.0410. The summed E-state index contributed by atoms with van der Waals surface area (Å²) in [5, 5.41) is 10.0. The summed E-state index contributed by atoms with van der Waals surface area (Å²) in [6, 6.07) is 0. The molecule has 1 rings (SSSR count). The molecule has 0 aromatic heterocycles. The Kier molecular flexibility index (Phi) is 8.60. The van der Waals surface area contributed by atoms with Crippen LogP contribution in [0, 0.1) is 11.3 Å². The summed E-state index contributed by atoms with van der Waals surface area (Å²) >= 11 is 0. The Morgan fingerprint density at radius 1 is 1.22 bits per heavy atom. The Morgan fingerprint density at radius 3 is 2.48 bits per heavy atom. The smallest absolute Gasteiger partial charge is 0.314 e. The molecule has 1 N–H and O–H groups in total. The molecule has 0 aromatic carbocycles. The predicted molar refractivity (Wildman–Crippen MR) is 95.6 cm³/mol. The van der Waals surface area contributed by atoms with Crippen LogP contribution in [0.1, 0.15) is 72.1 Å². The number of allylic oxidation sites excluding steroid dienone is 3. The van der Waals surface area contributed by atoms with Crippen LogP contribution in [0.2, 0.25) is 0 Å². The number of carboxylic acid groups (broad SMARTS) is 1. The molecule has 0 aliphatic heterocycles. The molecular weight excluding hydrogens is 288 g/mol. The Hall–Kier alpha value is -1.09. The molecule has 2 atom stereocenters. The summed E-state index contributed by atoms with van der Waals surface area (Å²) in [7, 11) is 1.68. The zero-order valence-corrected chi connectivity index (χ0v) is 15.4. The maximum atomic E-state index is 12.2. The molecule has 2 unspecified atom stereocenters. The quantitative estimate of drug-likeness (QED) is 0.520. The van der Waals surface area contributed by atoms with Gasteiger partial charge in [0.2, 0.25) is 0 Å². The fraction of sp³-hybridized carbons (Fsp3) is 0.750. The normalized spacial score (nSPS) is 24.3. The van der Waals surface area contributed by atoms with Crippen molar-refractivity contribution in [2.45, 2.75) is 72.1 Å². The third kappa shape index (κ3) is 5.49. The number of aliphatic carboxylic acids is 1. The predicted octanol–water partition coefficient (Wildman–Crippen LogP) is 5.37. The van der Waals surface area contributed by atoms with E-state index in [1.165, 1.54) is 31.3 Å². The van der Waals surface area contributed by atoms with Gasteiger partial charge < -0.3 is 9.84 Å². The second-order valence-corrected chi connectivity index (χ2v) is 6.97. The van der Waals surface area contributed by atoms with E-state index in [9.17, 15) is 9.90 Å². The molecule has 23 heavy (non-hydrogen) atoms. The molecule has 0 spiro atoms. The molecule has 1 aliphatic rings. The Bertz CT molecular complexity index is 436. The lowest BCUT2D eigenvalue weighted by Gasteiger charge is -2.39. The highest BCUT2D eigenvalue weighted by atomic mass is 16.5. The number of hydrogen-bond acceptors (Lipinski definition) is 2. The molecule has 0 heterocycles. The van der Waals surface area contributed by atoms with Crippen molar-refractivity contribution < 1.29 is 14.6 Å². The number of unbranched alkanes of at least 4 members (excludes halogenated alkanes) is 5. The third-order valence-corrected chi connectivity index (χ3v) is 5.06. The highest BCUT2D eigenvalue weighted by Gasteiger charge is 2.45. The SMILES string of the molecule is CCCCCCCCC1(C(=O)O)C=C(C)C=C(C)C1CCOC. The minimum atomic E-state index is -0.758. The first kappa shape index (κ1) is 20.0. The van der Waals surface area contributed by atoms with Crippen molar-refractivity contribution in [3.63, 3.8) is 0 Å². The molecule has 0 saturated heterocycles. The van der Waals surface area contributed by atoms with Crippen LogP contribution in [0.3, 0.4) is 0 Å². The van der Waals surface area contributed by atoms with E-state index in [-0.39, 0.29) is 5.92 Å². The van der Waals surface area contributed by atoms with Gasteiger partial charge in [0.1, 0.15) is 0 Å². The van der Waals surface area contributed by atoms with Crippen LogP contribution in [-0.4, -0.2) is 24.8 Å². The average molecular weight is 322 g/mol. The van der Waals surface area contributed by atoms with Gasteiger partial charge >= 0.3 is 5.97 Å². The maximum Gasteiger partial charge on any atom is 0.314 e. The summed E-state index contributed by atoms with van der Waals surface area (Å²) in [5.41, 5.74) is 1.49. The molecule has 3 nitrogen and oxygen atoms in total. The van der Waals surface area contributed by atoms with E-state index >= 15 is 0 Å². The van der Waals surface area contributed by atoms with Crippen molar-refractivity contribution in [1.29, 1.82) is 0 Å². The van der Waals surface area contributed by atoms with Crippen molar-refractivity contribution in [2.24, 2.45) is 11.3 Å². The fourth-order valence-electron chi connectivity index (χ4n) is 3.90. The van der Waals surface area contributed by atoms with Gasteiger partial charge in [0.25, 0.3) is 0 Å². The lowest BCUT2D eigenvalue weighted by Crippen LogP contribution is -2.40. The molecule has 0 fully saturated rings. The zero-order valence-electron chi connectivity index (χ0n) is 15.4. The van der Waals surface area contributed by atoms with Crippen LogP contribution in [0.5, 0.6) is 0 Å². The average Bonchev–Trinajstić information content (AvgIpc) is 2.49. The molecule has 0 bridgehead atoms. The summed E-state index contributed by atoms with van der Waals surface area (Å²) in [6.07, 6.45) is 12.7. The lowest BCUT2D eigenvalue weighted by molar-refractivity contribution is -0.149. The van der Waals surface area contributed by atoms with Crippen molar-refractivity contribution in [3.05, 3.63) is 23.3 Å². The van der Waals surface area contributed by atoms with Crippen molar-refractivity contribution in [3.8, 4) is 0 Å². The van der Waals surface area contributed by atoms with E-state index in [0.717, 1.165) is 31.3 Å². The number of ether oxygens (including phenoxy) is 1. The summed E-state index contributed by atoms with van der Waals surface area (Å²) < 4.78 is 5.22. The van der Waals surface area contributed by atoms with E-state index in [0.29, 0.717) is 6.61 Å². The number of carbonyl (C=O) groups is 1. The molecule has 0 radical (unpaired) electrons. The lowest BCUT2D eigenvalue weighted by atomic mass is 9.64. The second-order valence-electron chi connectivity index (χ2n) is 6.97. The zero-order chi connectivity index (χ0) is 17.3. The van der Waals surface area contributed by atoms with Gasteiger partial charge in [-0.05, 0) is 26.7 Å². The monoisotopic (exact) mass is 322 g/mol. The van der Waals surface area contributed by atoms with Gasteiger partial charge in [-0.1, -0.05) is 68.7 Å². The second kappa shape index (κ2) is 9.92. The van der Waals surface area contributed by atoms with Gasteiger partial charge in [0, 0.05) is 19.6 Å². The highest BCUT2D eigenvalue weighted by molar-refractivity contribution is 5.79. The van der Waals surface area contributed by atoms with E-state index < -0.39 is 11.4 Å². The van der Waals surface area contributed by atoms with Gasteiger partial charge in [-0.25, -0.2) is 0 Å². The summed E-state index contributed by atoms with van der Waals surface area (Å²) in [5.74, 6) is -0.641. The first-order chi connectivity index (χ1) is 11.0. The largest absolute Gasteiger partial charge is 0.481 e. The third-order valence-electron chi connectivity index (χ3n) is 5.06. The van der Waals surface area contributed by atoms with Gasteiger partial charge in [0.15, 0.2) is 0 Å². The van der Waals surface area contributed by atoms with Crippen LogP contribution in [0.25, 0.3) is 0 Å². The molecular formula is C20H34O3. The highest BCUT2D eigenvalue weighted by Crippen LogP contribution is 2.45. The Balaban J connectivity index is 2.81. The van der Waals surface area contributed by atoms with Gasteiger partial charge in [-0.2, -0.15) is 0 Å². The molecule has 0 aromatic rings. The van der Waals surface area contributed by atoms with Crippen molar-refractivity contribution >= 4 is 5.97 Å². The minimum Gasteiger partial charge on any atom is -0.481 e. The van der Waals surface area contributed by atoms with E-state index in [4.69, 9.17) is 4.74 Å². The van der Waals surface area contributed by atoms with Crippen LogP contribution in [0.15, 0.2) is 23.3 Å². The number of carboxylic acids is 1.